The second-order valence-corrected chi connectivity index (χ2v) is 9.19. The van der Waals surface area contributed by atoms with E-state index in [9.17, 15) is 18.0 Å². The zero-order chi connectivity index (χ0) is 21.9. The number of nitrogens with zero attached hydrogens (tertiary/aromatic N) is 2. The van der Waals surface area contributed by atoms with Crippen molar-refractivity contribution < 1.29 is 17.9 Å². The topological polar surface area (TPSA) is 107 Å². The highest BCUT2D eigenvalue weighted by molar-refractivity contribution is 9.10. The maximum absolute atomic E-state index is 12.8. The first-order valence-electron chi connectivity index (χ1n) is 8.74. The van der Waals surface area contributed by atoms with E-state index >= 15 is 0 Å². The van der Waals surface area contributed by atoms with Gasteiger partial charge < -0.3 is 10.1 Å². The number of halogens is 1. The Hall–Kier alpha value is -2.98. The molecule has 0 radical (unpaired) electrons. The number of hydrogen-bond donors (Lipinski definition) is 1. The molecule has 0 aliphatic carbocycles. The van der Waals surface area contributed by atoms with Gasteiger partial charge in [-0.2, -0.15) is 5.10 Å². The molecule has 1 N–H and O–H groups in total. The Morgan fingerprint density at radius 1 is 1.13 bits per heavy atom. The summed E-state index contributed by atoms with van der Waals surface area (Å²) in [5.74, 6) is -0.0903. The number of aromatic nitrogens is 2. The van der Waals surface area contributed by atoms with Gasteiger partial charge in [-0.15, -0.1) is 0 Å². The standard InChI is InChI=1S/C20H18BrN3O5S/c1-13-3-8-17(29-2)16(11-13)22-18(25)12-24-20(26)10-9-19(23-24)30(27,28)15-6-4-14(21)5-7-15/h3-11H,12H2,1-2H3,(H,22,25). The van der Waals surface area contributed by atoms with Crippen LogP contribution in [0.3, 0.4) is 0 Å². The number of carbonyl (C=O) groups excluding carboxylic acids is 1. The molecule has 0 atom stereocenters. The van der Waals surface area contributed by atoms with Crippen LogP contribution in [0.1, 0.15) is 5.56 Å². The van der Waals surface area contributed by atoms with E-state index in [1.165, 1.54) is 19.2 Å². The second kappa shape index (κ2) is 8.80. The summed E-state index contributed by atoms with van der Waals surface area (Å²) >= 11 is 3.25. The lowest BCUT2D eigenvalue weighted by Crippen LogP contribution is -2.30. The molecule has 0 fully saturated rings. The predicted molar refractivity (Wildman–Crippen MR) is 114 cm³/mol. The van der Waals surface area contributed by atoms with Crippen molar-refractivity contribution in [3.05, 3.63) is 75.0 Å². The molecule has 0 unspecified atom stereocenters. The molecule has 0 spiro atoms. The van der Waals surface area contributed by atoms with Crippen LogP contribution >= 0.6 is 15.9 Å². The van der Waals surface area contributed by atoms with Crippen molar-refractivity contribution in [1.29, 1.82) is 0 Å². The van der Waals surface area contributed by atoms with Gasteiger partial charge in [0.2, 0.25) is 15.7 Å². The number of aryl methyl sites for hydroxylation is 1. The van der Waals surface area contributed by atoms with Crippen molar-refractivity contribution in [2.75, 3.05) is 12.4 Å². The molecular formula is C20H18BrN3O5S. The highest BCUT2D eigenvalue weighted by atomic mass is 79.9. The fourth-order valence-corrected chi connectivity index (χ4v) is 4.12. The average Bonchev–Trinajstić information content (AvgIpc) is 2.70. The lowest BCUT2D eigenvalue weighted by Gasteiger charge is -2.12. The fourth-order valence-electron chi connectivity index (χ4n) is 2.67. The van der Waals surface area contributed by atoms with E-state index < -0.39 is 27.8 Å². The zero-order valence-electron chi connectivity index (χ0n) is 16.1. The lowest BCUT2D eigenvalue weighted by atomic mass is 10.2. The largest absolute Gasteiger partial charge is 0.495 e. The van der Waals surface area contributed by atoms with Crippen molar-refractivity contribution in [1.82, 2.24) is 9.78 Å². The number of benzene rings is 2. The van der Waals surface area contributed by atoms with Gasteiger partial charge in [-0.05, 0) is 55.0 Å². The molecule has 2 aromatic carbocycles. The summed E-state index contributed by atoms with van der Waals surface area (Å²) in [5, 5.41) is 6.22. The number of methoxy groups -OCH3 is 1. The van der Waals surface area contributed by atoms with Crippen LogP contribution in [0.5, 0.6) is 5.75 Å². The van der Waals surface area contributed by atoms with Crippen molar-refractivity contribution >= 4 is 37.4 Å². The van der Waals surface area contributed by atoms with Gasteiger partial charge in [0.05, 0.1) is 17.7 Å². The van der Waals surface area contributed by atoms with E-state index in [0.29, 0.717) is 11.4 Å². The van der Waals surface area contributed by atoms with Gasteiger partial charge >= 0.3 is 0 Å². The third-order valence-electron chi connectivity index (χ3n) is 4.16. The van der Waals surface area contributed by atoms with Crippen molar-refractivity contribution in [3.63, 3.8) is 0 Å². The summed E-state index contributed by atoms with van der Waals surface area (Å²) in [6, 6.07) is 13.5. The lowest BCUT2D eigenvalue weighted by molar-refractivity contribution is -0.117. The number of rotatable bonds is 6. The molecular weight excluding hydrogens is 474 g/mol. The van der Waals surface area contributed by atoms with E-state index in [0.717, 1.165) is 26.9 Å². The van der Waals surface area contributed by atoms with Crippen LogP contribution in [0, 0.1) is 6.92 Å². The minimum atomic E-state index is -3.95. The highest BCUT2D eigenvalue weighted by Crippen LogP contribution is 2.25. The predicted octanol–water partition coefficient (Wildman–Crippen LogP) is 2.79. The summed E-state index contributed by atoms with van der Waals surface area (Å²) in [6.45, 7) is 1.40. The smallest absolute Gasteiger partial charge is 0.267 e. The maximum Gasteiger partial charge on any atom is 0.267 e. The van der Waals surface area contributed by atoms with Gasteiger partial charge in [0, 0.05) is 10.5 Å². The van der Waals surface area contributed by atoms with Crippen LogP contribution in [-0.2, 0) is 21.2 Å². The quantitative estimate of drug-likeness (QED) is 0.567. The average molecular weight is 492 g/mol. The molecule has 156 valence electrons. The van der Waals surface area contributed by atoms with Gasteiger partial charge in [0.1, 0.15) is 12.3 Å². The summed E-state index contributed by atoms with van der Waals surface area (Å²) in [7, 11) is -2.47. The van der Waals surface area contributed by atoms with Gasteiger partial charge in [0.25, 0.3) is 5.56 Å². The number of ether oxygens (including phenoxy) is 1. The van der Waals surface area contributed by atoms with Gasteiger partial charge in [0.15, 0.2) is 5.03 Å². The van der Waals surface area contributed by atoms with Crippen molar-refractivity contribution in [3.8, 4) is 5.75 Å². The van der Waals surface area contributed by atoms with E-state index in [-0.39, 0.29) is 9.92 Å². The Morgan fingerprint density at radius 2 is 1.83 bits per heavy atom. The monoisotopic (exact) mass is 491 g/mol. The van der Waals surface area contributed by atoms with E-state index in [1.807, 2.05) is 13.0 Å². The number of amides is 1. The number of hydrogen-bond acceptors (Lipinski definition) is 6. The zero-order valence-corrected chi connectivity index (χ0v) is 18.5. The maximum atomic E-state index is 12.8. The fraction of sp³-hybridized carbons (Fsp3) is 0.150. The highest BCUT2D eigenvalue weighted by Gasteiger charge is 2.21. The van der Waals surface area contributed by atoms with Crippen LogP contribution < -0.4 is 15.6 Å². The molecule has 1 heterocycles. The van der Waals surface area contributed by atoms with Crippen LogP contribution in [0.4, 0.5) is 5.69 Å². The molecule has 3 aromatic rings. The molecule has 0 aliphatic heterocycles. The Bertz CT molecular complexity index is 1250. The number of nitrogens with one attached hydrogen (secondary N) is 1. The van der Waals surface area contributed by atoms with Gasteiger partial charge in [-0.1, -0.05) is 22.0 Å². The summed E-state index contributed by atoms with van der Waals surface area (Å²) in [4.78, 5) is 24.6. The van der Waals surface area contributed by atoms with E-state index in [4.69, 9.17) is 4.74 Å². The molecule has 10 heteroatoms. The first-order valence-corrected chi connectivity index (χ1v) is 11.0. The van der Waals surface area contributed by atoms with Gasteiger partial charge in [-0.25, -0.2) is 13.1 Å². The summed E-state index contributed by atoms with van der Waals surface area (Å²) in [6.07, 6.45) is 0. The summed E-state index contributed by atoms with van der Waals surface area (Å²) < 4.78 is 32.3. The Kier molecular flexibility index (Phi) is 6.37. The van der Waals surface area contributed by atoms with Crippen LogP contribution in [0.25, 0.3) is 0 Å². The Balaban J connectivity index is 1.87. The van der Waals surface area contributed by atoms with Gasteiger partial charge in [-0.3, -0.25) is 9.59 Å². The first-order chi connectivity index (χ1) is 14.2. The third kappa shape index (κ3) is 4.77. The Labute approximate surface area is 181 Å². The van der Waals surface area contributed by atoms with Crippen molar-refractivity contribution in [2.45, 2.75) is 23.4 Å². The molecule has 30 heavy (non-hydrogen) atoms. The molecule has 0 aliphatic rings. The van der Waals surface area contributed by atoms with Crippen LogP contribution in [0.15, 0.2) is 73.8 Å². The minimum Gasteiger partial charge on any atom is -0.495 e. The molecule has 1 aromatic heterocycles. The third-order valence-corrected chi connectivity index (χ3v) is 6.35. The molecule has 1 amide bonds. The molecule has 8 nitrogen and oxygen atoms in total. The molecule has 3 rings (SSSR count). The molecule has 0 saturated heterocycles. The molecule has 0 bridgehead atoms. The van der Waals surface area contributed by atoms with Crippen molar-refractivity contribution in [2.24, 2.45) is 0 Å². The number of anilines is 1. The number of carbonyl (C=O) groups is 1. The SMILES string of the molecule is COc1ccc(C)cc1NC(=O)Cn1nc(S(=O)(=O)c2ccc(Br)cc2)ccc1=O. The minimum absolute atomic E-state index is 0.0253. The van der Waals surface area contributed by atoms with Crippen LogP contribution in [-0.4, -0.2) is 31.2 Å². The van der Waals surface area contributed by atoms with E-state index in [2.05, 4.69) is 26.3 Å². The summed E-state index contributed by atoms with van der Waals surface area (Å²) in [5.41, 5.74) is 0.745. The normalized spacial score (nSPS) is 11.2. The Morgan fingerprint density at radius 3 is 2.50 bits per heavy atom. The second-order valence-electron chi connectivity index (χ2n) is 6.38. The number of sulfone groups is 1. The molecule has 0 saturated carbocycles. The van der Waals surface area contributed by atoms with Crippen LogP contribution in [0.2, 0.25) is 0 Å². The first kappa shape index (κ1) is 21.7. The van der Waals surface area contributed by atoms with E-state index in [1.54, 1.807) is 24.3 Å².